The molecule has 23 heavy (non-hydrogen) atoms. The number of nitrogens with zero attached hydrogens (tertiary/aromatic N) is 1. The molecule has 0 aliphatic heterocycles. The van der Waals surface area contributed by atoms with Gasteiger partial charge in [-0.1, -0.05) is 30.3 Å². The Bertz CT molecular complexity index is 578. The second-order valence-corrected chi connectivity index (χ2v) is 5.88. The fraction of sp³-hybridized carbons (Fsp3) is 0.500. The van der Waals surface area contributed by atoms with Crippen LogP contribution in [0.5, 0.6) is 0 Å². The van der Waals surface area contributed by atoms with Crippen LogP contribution in [0.15, 0.2) is 30.3 Å². The molecule has 0 unspecified atom stereocenters. The molecular formula is C16H18F3NO3. The molecule has 1 aromatic carbocycles. The number of carboxylic acids is 1. The van der Waals surface area contributed by atoms with E-state index in [1.54, 1.807) is 0 Å². The molecule has 0 heterocycles. The fourth-order valence-corrected chi connectivity index (χ4v) is 3.23. The summed E-state index contributed by atoms with van der Waals surface area (Å²) in [7, 11) is 0.923. The molecule has 0 radical (unpaired) electrons. The van der Waals surface area contributed by atoms with Gasteiger partial charge in [-0.25, -0.2) is 4.79 Å². The van der Waals surface area contributed by atoms with Crippen LogP contribution < -0.4 is 0 Å². The van der Waals surface area contributed by atoms with E-state index in [0.29, 0.717) is 17.7 Å². The molecule has 1 aliphatic carbocycles. The van der Waals surface area contributed by atoms with Crippen molar-refractivity contribution in [3.8, 4) is 0 Å². The number of carbonyl (C=O) groups excluding carboxylic acids is 1. The minimum absolute atomic E-state index is 0.000213. The number of carboxylic acid groups (broad SMARTS) is 1. The molecule has 2 rings (SSSR count). The standard InChI is InChI=1S/C16H18F3NO3/c1-20(13(21)16(17,18)19)15(14(22)23)9-7-12(8-10-15)11-5-3-2-4-6-11/h2-6,12H,7-10H2,1H3,(H,22,23). The van der Waals surface area contributed by atoms with Gasteiger partial charge in [0.1, 0.15) is 5.54 Å². The van der Waals surface area contributed by atoms with Gasteiger partial charge >= 0.3 is 18.1 Å². The van der Waals surface area contributed by atoms with E-state index in [0.717, 1.165) is 12.6 Å². The minimum atomic E-state index is -5.08. The Morgan fingerprint density at radius 2 is 1.70 bits per heavy atom. The molecule has 0 bridgehead atoms. The van der Waals surface area contributed by atoms with Crippen molar-refractivity contribution in [2.45, 2.75) is 43.3 Å². The average molecular weight is 329 g/mol. The third kappa shape index (κ3) is 3.33. The highest BCUT2D eigenvalue weighted by molar-refractivity contribution is 5.89. The maximum atomic E-state index is 12.6. The predicted octanol–water partition coefficient (Wildman–Crippen LogP) is 3.19. The van der Waals surface area contributed by atoms with Crippen molar-refractivity contribution < 1.29 is 27.9 Å². The number of hydrogen-bond acceptors (Lipinski definition) is 2. The lowest BCUT2D eigenvalue weighted by Gasteiger charge is -2.43. The quantitative estimate of drug-likeness (QED) is 0.926. The van der Waals surface area contributed by atoms with Crippen LogP contribution in [0.2, 0.25) is 0 Å². The highest BCUT2D eigenvalue weighted by Gasteiger charge is 2.53. The van der Waals surface area contributed by atoms with E-state index in [1.807, 2.05) is 30.3 Å². The highest BCUT2D eigenvalue weighted by Crippen LogP contribution is 2.41. The summed E-state index contributed by atoms with van der Waals surface area (Å²) in [6.07, 6.45) is -4.23. The van der Waals surface area contributed by atoms with Crippen LogP contribution in [0.3, 0.4) is 0 Å². The zero-order valence-corrected chi connectivity index (χ0v) is 12.6. The van der Waals surface area contributed by atoms with Crippen molar-refractivity contribution in [3.05, 3.63) is 35.9 Å². The van der Waals surface area contributed by atoms with Gasteiger partial charge in [0.2, 0.25) is 0 Å². The largest absolute Gasteiger partial charge is 0.479 e. The third-order valence-electron chi connectivity index (χ3n) is 4.67. The monoisotopic (exact) mass is 329 g/mol. The number of alkyl halides is 3. The zero-order chi connectivity index (χ0) is 17.3. The number of rotatable bonds is 3. The molecule has 1 fully saturated rings. The molecule has 0 spiro atoms. The summed E-state index contributed by atoms with van der Waals surface area (Å²) >= 11 is 0. The summed E-state index contributed by atoms with van der Waals surface area (Å²) < 4.78 is 37.9. The van der Waals surface area contributed by atoms with Crippen molar-refractivity contribution in [1.29, 1.82) is 0 Å². The van der Waals surface area contributed by atoms with Gasteiger partial charge in [0.15, 0.2) is 0 Å². The van der Waals surface area contributed by atoms with Crippen LogP contribution in [0.1, 0.15) is 37.2 Å². The van der Waals surface area contributed by atoms with Gasteiger partial charge in [-0.05, 0) is 37.2 Å². The number of carbonyl (C=O) groups is 2. The molecule has 0 saturated heterocycles. The smallest absolute Gasteiger partial charge is 0.471 e. The molecule has 7 heteroatoms. The van der Waals surface area contributed by atoms with Gasteiger partial charge in [-0.2, -0.15) is 13.2 Å². The van der Waals surface area contributed by atoms with Gasteiger partial charge < -0.3 is 10.0 Å². The molecule has 1 N–H and O–H groups in total. The number of likely N-dealkylation sites (N-methyl/N-ethyl adjacent to an activating group) is 1. The van der Waals surface area contributed by atoms with E-state index < -0.39 is 23.6 Å². The molecule has 4 nitrogen and oxygen atoms in total. The molecule has 0 atom stereocenters. The van der Waals surface area contributed by atoms with Gasteiger partial charge in [-0.15, -0.1) is 0 Å². The van der Waals surface area contributed by atoms with Crippen molar-refractivity contribution in [1.82, 2.24) is 4.90 Å². The van der Waals surface area contributed by atoms with E-state index in [4.69, 9.17) is 0 Å². The molecule has 0 aromatic heterocycles. The summed E-state index contributed by atoms with van der Waals surface area (Å²) in [6.45, 7) is 0. The third-order valence-corrected chi connectivity index (χ3v) is 4.67. The first-order valence-electron chi connectivity index (χ1n) is 7.32. The van der Waals surface area contributed by atoms with Crippen LogP contribution in [-0.4, -0.2) is 40.6 Å². The second kappa shape index (κ2) is 6.22. The van der Waals surface area contributed by atoms with Crippen molar-refractivity contribution >= 4 is 11.9 Å². The summed E-state index contributed by atoms with van der Waals surface area (Å²) in [5.41, 5.74) is -0.756. The van der Waals surface area contributed by atoms with E-state index in [1.165, 1.54) is 0 Å². The number of hydrogen-bond donors (Lipinski definition) is 1. The Morgan fingerprint density at radius 3 is 2.13 bits per heavy atom. The lowest BCUT2D eigenvalue weighted by molar-refractivity contribution is -0.194. The van der Waals surface area contributed by atoms with Gasteiger partial charge in [-0.3, -0.25) is 4.79 Å². The normalized spacial score (nSPS) is 25.0. The van der Waals surface area contributed by atoms with Crippen LogP contribution in [0, 0.1) is 0 Å². The molecule has 126 valence electrons. The Morgan fingerprint density at radius 1 is 1.17 bits per heavy atom. The number of benzene rings is 1. The molecular weight excluding hydrogens is 311 g/mol. The second-order valence-electron chi connectivity index (χ2n) is 5.88. The minimum Gasteiger partial charge on any atom is -0.479 e. The lowest BCUT2D eigenvalue weighted by Crippen LogP contribution is -2.59. The summed E-state index contributed by atoms with van der Waals surface area (Å²) in [5, 5.41) is 9.47. The van der Waals surface area contributed by atoms with Gasteiger partial charge in [0.25, 0.3) is 0 Å². The highest BCUT2D eigenvalue weighted by atomic mass is 19.4. The predicted molar refractivity (Wildman–Crippen MR) is 76.8 cm³/mol. The van der Waals surface area contributed by atoms with Gasteiger partial charge in [0, 0.05) is 7.05 Å². The van der Waals surface area contributed by atoms with Gasteiger partial charge in [0.05, 0.1) is 0 Å². The van der Waals surface area contributed by atoms with Crippen LogP contribution in [0.4, 0.5) is 13.2 Å². The van der Waals surface area contributed by atoms with E-state index in [-0.39, 0.29) is 18.8 Å². The number of halogens is 3. The first-order chi connectivity index (χ1) is 10.7. The Hall–Kier alpha value is -2.05. The summed E-state index contributed by atoms with van der Waals surface area (Å²) in [6, 6.07) is 9.44. The summed E-state index contributed by atoms with van der Waals surface area (Å²) in [5.74, 6) is -3.40. The molecule has 1 aliphatic rings. The average Bonchev–Trinajstić information content (AvgIpc) is 2.53. The van der Waals surface area contributed by atoms with E-state index in [2.05, 4.69) is 0 Å². The maximum absolute atomic E-state index is 12.6. The Balaban J connectivity index is 2.19. The fourth-order valence-electron chi connectivity index (χ4n) is 3.23. The van der Waals surface area contributed by atoms with E-state index >= 15 is 0 Å². The van der Waals surface area contributed by atoms with Crippen molar-refractivity contribution in [2.75, 3.05) is 7.05 Å². The number of aliphatic carboxylic acids is 1. The van der Waals surface area contributed by atoms with E-state index in [9.17, 15) is 27.9 Å². The maximum Gasteiger partial charge on any atom is 0.471 e. The van der Waals surface area contributed by atoms with Crippen LogP contribution >= 0.6 is 0 Å². The Kier molecular flexibility index (Phi) is 4.68. The topological polar surface area (TPSA) is 57.6 Å². The van der Waals surface area contributed by atoms with Crippen LogP contribution in [-0.2, 0) is 9.59 Å². The molecule has 1 aromatic rings. The molecule has 1 amide bonds. The van der Waals surface area contributed by atoms with Crippen molar-refractivity contribution in [2.24, 2.45) is 0 Å². The first kappa shape index (κ1) is 17.3. The first-order valence-corrected chi connectivity index (χ1v) is 7.32. The summed E-state index contributed by atoms with van der Waals surface area (Å²) in [4.78, 5) is 23.5. The van der Waals surface area contributed by atoms with Crippen LogP contribution in [0.25, 0.3) is 0 Å². The lowest BCUT2D eigenvalue weighted by atomic mass is 9.73. The number of amides is 1. The Labute approximate surface area is 131 Å². The van der Waals surface area contributed by atoms with Crippen molar-refractivity contribution in [3.63, 3.8) is 0 Å². The SMILES string of the molecule is CN(C(=O)C(F)(F)F)C1(C(=O)O)CCC(c2ccccc2)CC1. The molecule has 1 saturated carbocycles. The zero-order valence-electron chi connectivity index (χ0n) is 12.6.